The maximum Gasteiger partial charge on any atom is 0.251 e. The van der Waals surface area contributed by atoms with E-state index < -0.39 is 24.1 Å². The van der Waals surface area contributed by atoms with Crippen LogP contribution in [0.1, 0.15) is 56.0 Å². The average Bonchev–Trinajstić information content (AvgIpc) is 3.48. The number of aliphatic hydroxyl groups is 1. The number of β-amino-alcohol motifs (C(OH)–C–C–N with tert-alkyl or cyclic N) is 1. The third kappa shape index (κ3) is 5.13. The van der Waals surface area contributed by atoms with Gasteiger partial charge in [-0.3, -0.25) is 24.4 Å². The van der Waals surface area contributed by atoms with Gasteiger partial charge in [0, 0.05) is 36.1 Å². The first-order valence-electron chi connectivity index (χ1n) is 12.8. The molecule has 10 heteroatoms. The second-order valence-corrected chi connectivity index (χ2v) is 9.92. The third-order valence-corrected chi connectivity index (χ3v) is 7.25. The van der Waals surface area contributed by atoms with Crippen molar-refractivity contribution in [3.8, 4) is 6.19 Å². The van der Waals surface area contributed by atoms with Crippen LogP contribution in [-0.2, 0) is 9.59 Å². The Kier molecular flexibility index (Phi) is 7.06. The lowest BCUT2D eigenvalue weighted by atomic mass is 9.94. The van der Waals surface area contributed by atoms with Gasteiger partial charge < -0.3 is 15.4 Å². The molecule has 1 aromatic carbocycles. The van der Waals surface area contributed by atoms with Gasteiger partial charge in [-0.05, 0) is 44.0 Å². The molecule has 1 saturated heterocycles. The van der Waals surface area contributed by atoms with Gasteiger partial charge in [0.25, 0.3) is 5.91 Å². The topological polar surface area (TPSA) is 138 Å². The van der Waals surface area contributed by atoms with Crippen molar-refractivity contribution in [3.63, 3.8) is 0 Å². The van der Waals surface area contributed by atoms with Crippen LogP contribution >= 0.6 is 0 Å². The van der Waals surface area contributed by atoms with Crippen molar-refractivity contribution in [2.24, 2.45) is 0 Å². The van der Waals surface area contributed by atoms with E-state index >= 15 is 0 Å². The lowest BCUT2D eigenvalue weighted by Gasteiger charge is -2.35. The largest absolute Gasteiger partial charge is 0.391 e. The molecule has 3 atom stereocenters. The highest BCUT2D eigenvalue weighted by Crippen LogP contribution is 2.33. The highest BCUT2D eigenvalue weighted by molar-refractivity contribution is 6.05. The number of amides is 2. The van der Waals surface area contributed by atoms with Crippen LogP contribution in [0.2, 0.25) is 0 Å². The van der Waals surface area contributed by atoms with E-state index in [2.05, 4.69) is 20.3 Å². The summed E-state index contributed by atoms with van der Waals surface area (Å²) in [5.41, 5.74) is 2.53. The van der Waals surface area contributed by atoms with Crippen molar-refractivity contribution in [3.05, 3.63) is 54.1 Å². The number of aromatic amines is 1. The highest BCUT2D eigenvalue weighted by Gasteiger charge is 2.43. The molecule has 192 valence electrons. The lowest BCUT2D eigenvalue weighted by Crippen LogP contribution is -2.51. The molecule has 3 aromatic rings. The summed E-state index contributed by atoms with van der Waals surface area (Å²) < 4.78 is 0. The Morgan fingerprint density at radius 2 is 2.08 bits per heavy atom. The molecule has 2 fully saturated rings. The second-order valence-electron chi connectivity index (χ2n) is 9.92. The average molecular weight is 502 g/mol. The van der Waals surface area contributed by atoms with Crippen LogP contribution in [0.4, 0.5) is 5.69 Å². The summed E-state index contributed by atoms with van der Waals surface area (Å²) in [6.45, 7) is 1.93. The molecule has 2 amide bonds. The summed E-state index contributed by atoms with van der Waals surface area (Å²) in [6, 6.07) is 7.03. The molecule has 1 aliphatic heterocycles. The summed E-state index contributed by atoms with van der Waals surface area (Å²) in [7, 11) is 0. The van der Waals surface area contributed by atoms with Gasteiger partial charge in [-0.2, -0.15) is 5.26 Å². The summed E-state index contributed by atoms with van der Waals surface area (Å²) >= 11 is 0. The minimum atomic E-state index is -1.01. The van der Waals surface area contributed by atoms with E-state index in [4.69, 9.17) is 0 Å². The highest BCUT2D eigenvalue weighted by atomic mass is 16.3. The van der Waals surface area contributed by atoms with E-state index in [1.54, 1.807) is 42.7 Å². The zero-order chi connectivity index (χ0) is 25.9. The van der Waals surface area contributed by atoms with Crippen molar-refractivity contribution >= 4 is 28.5 Å². The number of imidazole rings is 1. The number of hydrogen-bond acceptors (Lipinski definition) is 7. The number of aliphatic hydroxyl groups excluding tert-OH is 1. The van der Waals surface area contributed by atoms with E-state index in [0.717, 1.165) is 49.0 Å². The molecule has 1 unspecified atom stereocenters. The fraction of sp³-hybridized carbons (Fsp3) is 0.444. The van der Waals surface area contributed by atoms with E-state index in [1.807, 2.05) is 13.1 Å². The second kappa shape index (κ2) is 10.6. The van der Waals surface area contributed by atoms with E-state index in [1.165, 1.54) is 9.80 Å². The van der Waals surface area contributed by atoms with Gasteiger partial charge in [0.15, 0.2) is 6.19 Å². The van der Waals surface area contributed by atoms with Gasteiger partial charge in [-0.15, -0.1) is 0 Å². The summed E-state index contributed by atoms with van der Waals surface area (Å²) in [6.07, 6.45) is 9.61. The van der Waals surface area contributed by atoms with Gasteiger partial charge in [-0.1, -0.05) is 25.3 Å². The monoisotopic (exact) mass is 501 g/mol. The minimum Gasteiger partial charge on any atom is -0.391 e. The lowest BCUT2D eigenvalue weighted by molar-refractivity contribution is -0.128. The number of carbonyl (C=O) groups is 2. The summed E-state index contributed by atoms with van der Waals surface area (Å²) in [5.74, 6) is 0.0102. The molecular weight excluding hydrogens is 470 g/mol. The number of likely N-dealkylation sites (tertiary alicyclic amines) is 1. The third-order valence-electron chi connectivity index (χ3n) is 7.25. The van der Waals surface area contributed by atoms with Crippen molar-refractivity contribution in [1.82, 2.24) is 25.2 Å². The van der Waals surface area contributed by atoms with Crippen molar-refractivity contribution in [2.45, 2.75) is 69.7 Å². The number of aromatic nitrogens is 3. The maximum absolute atomic E-state index is 14.2. The minimum absolute atomic E-state index is 0.0408. The molecule has 0 radical (unpaired) electrons. The number of H-pyrrole nitrogens is 1. The number of nitriles is 1. The van der Waals surface area contributed by atoms with Crippen LogP contribution in [0.15, 0.2) is 42.7 Å². The van der Waals surface area contributed by atoms with Crippen molar-refractivity contribution < 1.29 is 14.7 Å². The van der Waals surface area contributed by atoms with E-state index in [0.29, 0.717) is 11.3 Å². The Morgan fingerprint density at radius 3 is 2.81 bits per heavy atom. The Labute approximate surface area is 215 Å². The summed E-state index contributed by atoms with van der Waals surface area (Å²) in [4.78, 5) is 42.8. The Hall–Kier alpha value is -3.97. The SMILES string of the molecule is Cc1nc2ccc(N(C(=O)[C@H]3C[C@@H](O)CN3C#N)C(C(=O)NC3CCCCC3)c3cccnc3)cc2[nH]1. The zero-order valence-corrected chi connectivity index (χ0v) is 20.8. The quantitative estimate of drug-likeness (QED) is 0.442. The number of nitrogens with one attached hydrogen (secondary N) is 2. The van der Waals surface area contributed by atoms with Crippen LogP contribution < -0.4 is 10.2 Å². The predicted octanol–water partition coefficient (Wildman–Crippen LogP) is 2.71. The molecule has 2 aliphatic rings. The van der Waals surface area contributed by atoms with Gasteiger partial charge in [-0.25, -0.2) is 4.98 Å². The predicted molar refractivity (Wildman–Crippen MR) is 137 cm³/mol. The van der Waals surface area contributed by atoms with Gasteiger partial charge >= 0.3 is 0 Å². The van der Waals surface area contributed by atoms with Crippen molar-refractivity contribution in [2.75, 3.05) is 11.4 Å². The Balaban J connectivity index is 1.60. The smallest absolute Gasteiger partial charge is 0.251 e. The number of aryl methyl sites for hydroxylation is 1. The first kappa shape index (κ1) is 24.7. The van der Waals surface area contributed by atoms with Gasteiger partial charge in [0.2, 0.25) is 5.91 Å². The normalized spacial score (nSPS) is 20.9. The molecule has 2 aromatic heterocycles. The molecule has 0 spiro atoms. The van der Waals surface area contributed by atoms with Crippen LogP contribution in [0.3, 0.4) is 0 Å². The molecule has 37 heavy (non-hydrogen) atoms. The molecular formula is C27H31N7O3. The van der Waals surface area contributed by atoms with Crippen LogP contribution in [0.25, 0.3) is 11.0 Å². The molecule has 3 N–H and O–H groups in total. The summed E-state index contributed by atoms with van der Waals surface area (Å²) in [5, 5.41) is 23.1. The standard InChI is InChI=1S/C27H31N7O3/c1-17-30-22-10-9-20(12-23(22)31-17)34(27(37)24-13-21(35)15-33(24)16-28)25(18-6-5-11-29-14-18)26(36)32-19-7-3-2-4-8-19/h5-6,9-12,14,19,21,24-25,35H,2-4,7-8,13,15H2,1H3,(H,30,31)(H,32,36)/t21-,24-,25?/m1/s1. The molecule has 1 aliphatic carbocycles. The Bertz CT molecular complexity index is 1310. The van der Waals surface area contributed by atoms with Crippen molar-refractivity contribution in [1.29, 1.82) is 5.26 Å². The molecule has 0 bridgehead atoms. The number of pyridine rings is 1. The molecule has 10 nitrogen and oxygen atoms in total. The number of rotatable bonds is 6. The number of carbonyl (C=O) groups excluding carboxylic acids is 2. The maximum atomic E-state index is 14.2. The molecule has 5 rings (SSSR count). The number of benzene rings is 1. The van der Waals surface area contributed by atoms with Crippen LogP contribution in [0, 0.1) is 18.4 Å². The number of hydrogen-bond donors (Lipinski definition) is 3. The van der Waals surface area contributed by atoms with Gasteiger partial charge in [0.1, 0.15) is 17.9 Å². The van der Waals surface area contributed by atoms with Crippen LogP contribution in [-0.4, -0.2) is 61.5 Å². The number of fused-ring (bicyclic) bond motifs is 1. The fourth-order valence-corrected chi connectivity index (χ4v) is 5.48. The van der Waals surface area contributed by atoms with Crippen LogP contribution in [0.5, 0.6) is 0 Å². The fourth-order valence-electron chi connectivity index (χ4n) is 5.48. The number of nitrogens with zero attached hydrogens (tertiary/aromatic N) is 5. The van der Waals surface area contributed by atoms with Gasteiger partial charge in [0.05, 0.1) is 23.7 Å². The van der Waals surface area contributed by atoms with E-state index in [-0.39, 0.29) is 24.9 Å². The molecule has 1 saturated carbocycles. The number of anilines is 1. The Morgan fingerprint density at radius 1 is 1.27 bits per heavy atom. The van der Waals surface area contributed by atoms with E-state index in [9.17, 15) is 20.0 Å². The first-order valence-corrected chi connectivity index (χ1v) is 12.8. The molecule has 3 heterocycles. The zero-order valence-electron chi connectivity index (χ0n) is 20.8. The first-order chi connectivity index (χ1) is 17.9.